The number of carbonyl (C=O) groups is 7. The monoisotopic (exact) mass is 871 g/mol. The van der Waals surface area contributed by atoms with E-state index in [1.54, 1.807) is 63.4 Å². The van der Waals surface area contributed by atoms with Gasteiger partial charge in [0.25, 0.3) is 0 Å². The molecule has 61 heavy (non-hydrogen) atoms. The van der Waals surface area contributed by atoms with Gasteiger partial charge in [-0.15, -0.1) is 11.3 Å². The average Bonchev–Trinajstić information content (AvgIpc) is 3.72. The number of alkyl carbamates (subject to hydrolysis) is 1. The number of methoxy groups -OCH3 is 1. The van der Waals surface area contributed by atoms with E-state index in [0.29, 0.717) is 4.88 Å². The van der Waals surface area contributed by atoms with E-state index in [9.17, 15) is 34.2 Å². The van der Waals surface area contributed by atoms with Gasteiger partial charge < -0.3 is 48.7 Å². The van der Waals surface area contributed by atoms with Crippen LogP contribution in [0.1, 0.15) is 89.5 Å². The Bertz CT molecular complexity index is 2050. The number of fused-ring (bicyclic) bond motifs is 5. The molecule has 12 atom stereocenters. The quantitative estimate of drug-likeness (QED) is 0.181. The van der Waals surface area contributed by atoms with Crippen LogP contribution in [0.25, 0.3) is 0 Å². The van der Waals surface area contributed by atoms with Gasteiger partial charge >= 0.3 is 30.2 Å². The number of hydrogen-bond donors (Lipinski definition) is 3. The number of carbonyl (C=O) groups excluding carboxylic acids is 7. The molecule has 2 aromatic rings. The fourth-order valence-electron chi connectivity index (χ4n) is 9.95. The molecule has 332 valence electrons. The number of aliphatic hydroxyl groups is 2. The standard InChI is InChI=1S/C43H53NO16S/c1-21-24(56-36(50)31(47)29(25-16-13-17-61-25)44-37(51)60-39(3,4)5)19-43(53)34(58-35(49)23-14-11-10-12-15-23)32-41(8,33(48)30(46)28(21)40(43,6)7)26(57-38(52)54-9)18-27-42(32,20-55-27)59-22(2)45/h10-17,21,24,26-29,31-32,34,47,53H,18-20H2,1-9H3,(H,44,51)/t21?,24-,26-,27+,28?,29-,31+,32?,34-,41+,42-,43+/m0/s1. The Balaban J connectivity index is 1.50. The molecule has 6 rings (SSSR count). The SMILES string of the molecule is COC(=O)O[C@H]1C[C@H]2OC[C@@]2(OC(C)=O)C2[C@H](OC(=O)c3ccccc3)[C@]3(O)C[C@H](OC(=O)[C@H](O)[C@@H](NC(=O)OC(C)(C)C)c4cccs4)C(C)C(C(=O)C(=O)[C@@]21C)C3(C)C. The van der Waals surface area contributed by atoms with Crippen LogP contribution in [0.2, 0.25) is 0 Å². The molecule has 0 radical (unpaired) electrons. The predicted octanol–water partition coefficient (Wildman–Crippen LogP) is 4.26. The smallest absolute Gasteiger partial charge is 0.460 e. The van der Waals surface area contributed by atoms with Crippen molar-refractivity contribution in [1.29, 1.82) is 0 Å². The number of Topliss-reactive ketones (excluding diaryl/α,β-unsaturated/α-hetero) is 2. The van der Waals surface area contributed by atoms with E-state index in [1.807, 2.05) is 0 Å². The van der Waals surface area contributed by atoms with Gasteiger partial charge in [0, 0.05) is 41.9 Å². The maximum Gasteiger partial charge on any atom is 0.508 e. The van der Waals surface area contributed by atoms with Gasteiger partial charge in [-0.25, -0.2) is 19.2 Å². The fraction of sp³-hybridized carbons (Fsp3) is 0.605. The molecule has 17 nitrogen and oxygen atoms in total. The zero-order valence-electron chi connectivity index (χ0n) is 35.5. The number of esters is 3. The minimum Gasteiger partial charge on any atom is -0.460 e. The lowest BCUT2D eigenvalue weighted by molar-refractivity contribution is -0.350. The number of nitrogens with one attached hydrogen (secondary N) is 1. The minimum atomic E-state index is -2.42. The van der Waals surface area contributed by atoms with Crippen molar-refractivity contribution in [1.82, 2.24) is 5.32 Å². The van der Waals surface area contributed by atoms with Crippen molar-refractivity contribution in [2.75, 3.05) is 13.7 Å². The average molecular weight is 872 g/mol. The number of hydrogen-bond acceptors (Lipinski definition) is 17. The van der Waals surface area contributed by atoms with Crippen LogP contribution in [0.4, 0.5) is 9.59 Å². The molecule has 4 aliphatic rings. The van der Waals surface area contributed by atoms with Crippen LogP contribution < -0.4 is 5.32 Å². The maximum absolute atomic E-state index is 15.3. The molecule has 3 N–H and O–H groups in total. The van der Waals surface area contributed by atoms with Crippen LogP contribution in [0.5, 0.6) is 0 Å². The van der Waals surface area contributed by atoms with Crippen molar-refractivity contribution in [3.8, 4) is 0 Å². The van der Waals surface area contributed by atoms with Gasteiger partial charge in [-0.2, -0.15) is 0 Å². The summed E-state index contributed by atoms with van der Waals surface area (Å²) in [7, 11) is 1.05. The van der Waals surface area contributed by atoms with Crippen molar-refractivity contribution >= 4 is 53.1 Å². The lowest BCUT2D eigenvalue weighted by Crippen LogP contribution is -2.83. The first-order chi connectivity index (χ1) is 28.4. The van der Waals surface area contributed by atoms with Gasteiger partial charge in [-0.1, -0.05) is 45.0 Å². The van der Waals surface area contributed by atoms with Gasteiger partial charge in [-0.05, 0) is 51.3 Å². The molecule has 3 saturated carbocycles. The van der Waals surface area contributed by atoms with Crippen molar-refractivity contribution in [2.45, 2.75) is 122 Å². The number of amides is 1. The van der Waals surface area contributed by atoms with Gasteiger partial charge in [0.1, 0.15) is 41.7 Å². The highest BCUT2D eigenvalue weighted by molar-refractivity contribution is 7.10. The third-order valence-electron chi connectivity index (χ3n) is 12.9. The van der Waals surface area contributed by atoms with Crippen molar-refractivity contribution in [2.24, 2.45) is 28.6 Å². The highest BCUT2D eigenvalue weighted by Gasteiger charge is 2.80. The third-order valence-corrected chi connectivity index (χ3v) is 13.9. The van der Waals surface area contributed by atoms with Crippen molar-refractivity contribution in [3.05, 3.63) is 58.3 Å². The summed E-state index contributed by atoms with van der Waals surface area (Å²) >= 11 is 1.14. The molecule has 0 spiro atoms. The van der Waals surface area contributed by atoms with Crippen LogP contribution in [0, 0.1) is 28.6 Å². The van der Waals surface area contributed by atoms with Gasteiger partial charge in [0.15, 0.2) is 11.7 Å². The maximum atomic E-state index is 15.3. The second-order valence-corrected chi connectivity index (χ2v) is 19.0. The summed E-state index contributed by atoms with van der Waals surface area (Å²) in [6.45, 7) is 11.6. The van der Waals surface area contributed by atoms with E-state index >= 15 is 9.59 Å². The second-order valence-electron chi connectivity index (χ2n) is 18.0. The highest BCUT2D eigenvalue weighted by atomic mass is 32.1. The molecular weight excluding hydrogens is 819 g/mol. The number of aliphatic hydroxyl groups excluding tert-OH is 1. The van der Waals surface area contributed by atoms with Gasteiger partial charge in [0.05, 0.1) is 30.6 Å². The molecule has 2 bridgehead atoms. The van der Waals surface area contributed by atoms with Crippen LogP contribution in [-0.4, -0.2) is 113 Å². The molecule has 4 fully saturated rings. The zero-order chi connectivity index (χ0) is 45.0. The number of ketones is 2. The predicted molar refractivity (Wildman–Crippen MR) is 212 cm³/mol. The molecule has 1 aromatic carbocycles. The minimum absolute atomic E-state index is 0.0418. The Morgan fingerprint density at radius 2 is 1.66 bits per heavy atom. The van der Waals surface area contributed by atoms with Crippen molar-refractivity contribution < 1.29 is 76.9 Å². The molecule has 1 amide bonds. The number of rotatable bonds is 9. The first-order valence-corrected chi connectivity index (χ1v) is 20.8. The van der Waals surface area contributed by atoms with Crippen LogP contribution in [0.3, 0.4) is 0 Å². The topological polar surface area (TPSA) is 237 Å². The van der Waals surface area contributed by atoms with E-state index in [0.717, 1.165) is 25.4 Å². The summed E-state index contributed by atoms with van der Waals surface area (Å²) < 4.78 is 40.2. The third kappa shape index (κ3) is 7.91. The fourth-order valence-corrected chi connectivity index (χ4v) is 10.8. The highest BCUT2D eigenvalue weighted by Crippen LogP contribution is 2.65. The summed E-state index contributed by atoms with van der Waals surface area (Å²) in [5, 5.41) is 29.4. The molecule has 18 heteroatoms. The molecule has 1 saturated heterocycles. The molecule has 3 aliphatic carbocycles. The summed E-state index contributed by atoms with van der Waals surface area (Å²) in [5.41, 5.74) is -8.97. The first-order valence-electron chi connectivity index (χ1n) is 20.0. The Labute approximate surface area is 356 Å². The lowest BCUT2D eigenvalue weighted by atomic mass is 9.42. The molecular formula is C43H53NO16S. The summed E-state index contributed by atoms with van der Waals surface area (Å²) in [6.07, 6.45) is -10.9. The van der Waals surface area contributed by atoms with E-state index in [2.05, 4.69) is 5.32 Å². The molecule has 3 unspecified atom stereocenters. The van der Waals surface area contributed by atoms with E-state index in [4.69, 9.17) is 33.2 Å². The van der Waals surface area contributed by atoms with E-state index in [-0.39, 0.29) is 18.6 Å². The largest absolute Gasteiger partial charge is 0.508 e. The van der Waals surface area contributed by atoms with Crippen molar-refractivity contribution in [3.63, 3.8) is 0 Å². The summed E-state index contributed by atoms with van der Waals surface area (Å²) in [6, 6.07) is 9.62. The Morgan fingerprint density at radius 3 is 2.21 bits per heavy atom. The van der Waals surface area contributed by atoms with Crippen LogP contribution >= 0.6 is 11.3 Å². The second kappa shape index (κ2) is 16.4. The van der Waals surface area contributed by atoms with Crippen LogP contribution in [-0.2, 0) is 52.3 Å². The number of ether oxygens (including phenoxy) is 7. The summed E-state index contributed by atoms with van der Waals surface area (Å²) in [5.74, 6) is -9.31. The zero-order valence-corrected chi connectivity index (χ0v) is 36.3. The molecule has 1 aliphatic heterocycles. The Kier molecular flexibility index (Phi) is 12.3. The Hall–Kier alpha value is -4.91. The normalized spacial score (nSPS) is 33.7. The van der Waals surface area contributed by atoms with Crippen LogP contribution in [0.15, 0.2) is 47.8 Å². The first kappa shape index (κ1) is 45.6. The van der Waals surface area contributed by atoms with E-state index < -0.39 is 130 Å². The summed E-state index contributed by atoms with van der Waals surface area (Å²) in [4.78, 5) is 97.8. The van der Waals surface area contributed by atoms with E-state index in [1.165, 1.54) is 32.9 Å². The Morgan fingerprint density at radius 1 is 0.984 bits per heavy atom. The number of benzene rings is 1. The molecule has 1 aromatic heterocycles. The molecule has 2 heterocycles. The number of thiophene rings is 1. The lowest BCUT2D eigenvalue weighted by Gasteiger charge is -2.68. The van der Waals surface area contributed by atoms with Gasteiger partial charge in [-0.3, -0.25) is 14.4 Å². The van der Waals surface area contributed by atoms with Gasteiger partial charge in [0.2, 0.25) is 11.6 Å².